The highest BCUT2D eigenvalue weighted by atomic mass is 35.5. The predicted molar refractivity (Wildman–Crippen MR) is 70.1 cm³/mol. The van der Waals surface area contributed by atoms with Gasteiger partial charge in [0.2, 0.25) is 5.91 Å². The summed E-state index contributed by atoms with van der Waals surface area (Å²) in [5, 5.41) is 3.11. The Kier molecular flexibility index (Phi) is 4.48. The van der Waals surface area contributed by atoms with Gasteiger partial charge in [0, 0.05) is 12.7 Å². The summed E-state index contributed by atoms with van der Waals surface area (Å²) in [5.41, 5.74) is 6.51. The first-order valence-electron chi connectivity index (χ1n) is 5.57. The summed E-state index contributed by atoms with van der Waals surface area (Å²) in [6, 6.07) is 1.80. The minimum atomic E-state index is -0.578. The van der Waals surface area contributed by atoms with Gasteiger partial charge in [0.15, 0.2) is 5.15 Å². The molecule has 0 radical (unpaired) electrons. The van der Waals surface area contributed by atoms with Gasteiger partial charge in [0.1, 0.15) is 0 Å². The number of nitrogens with one attached hydrogen (secondary N) is 1. The second-order valence-corrected chi connectivity index (χ2v) is 4.72. The van der Waals surface area contributed by atoms with Crippen molar-refractivity contribution >= 4 is 23.2 Å². The van der Waals surface area contributed by atoms with Gasteiger partial charge in [-0.25, -0.2) is 4.98 Å². The van der Waals surface area contributed by atoms with Gasteiger partial charge < -0.3 is 11.1 Å². The van der Waals surface area contributed by atoms with Gasteiger partial charge in [-0.05, 0) is 31.9 Å². The number of aromatic nitrogens is 1. The molecule has 0 bridgehead atoms. The third-order valence-electron chi connectivity index (χ3n) is 3.13. The normalized spacial score (nSPS) is 14.2. The number of anilines is 1. The lowest BCUT2D eigenvalue weighted by Gasteiger charge is -2.25. The van der Waals surface area contributed by atoms with Gasteiger partial charge in [-0.2, -0.15) is 0 Å². The molecule has 0 fully saturated rings. The van der Waals surface area contributed by atoms with E-state index in [2.05, 4.69) is 10.3 Å². The molecule has 1 atom stereocenters. The smallest absolute Gasteiger partial charge is 0.231 e. The van der Waals surface area contributed by atoms with E-state index in [1.54, 1.807) is 12.3 Å². The molecule has 3 N–H and O–H groups in total. The number of aryl methyl sites for hydroxylation is 1. The predicted octanol–water partition coefficient (Wildman–Crippen LogP) is 2.36. The zero-order valence-corrected chi connectivity index (χ0v) is 11.1. The number of pyridine rings is 1. The van der Waals surface area contributed by atoms with Crippen molar-refractivity contribution in [2.75, 3.05) is 11.9 Å². The summed E-state index contributed by atoms with van der Waals surface area (Å²) < 4.78 is 0. The lowest BCUT2D eigenvalue weighted by Crippen LogP contribution is -2.39. The molecule has 0 aliphatic carbocycles. The van der Waals surface area contributed by atoms with Crippen molar-refractivity contribution in [1.29, 1.82) is 0 Å². The van der Waals surface area contributed by atoms with Crippen LogP contribution in [0.3, 0.4) is 0 Å². The van der Waals surface area contributed by atoms with Crippen LogP contribution in [0.2, 0.25) is 5.15 Å². The maximum absolute atomic E-state index is 12.1. The molecule has 1 amide bonds. The first-order valence-corrected chi connectivity index (χ1v) is 5.95. The molecular weight excluding hydrogens is 238 g/mol. The van der Waals surface area contributed by atoms with Crippen molar-refractivity contribution in [1.82, 2.24) is 4.98 Å². The molecule has 94 valence electrons. The Morgan fingerprint density at radius 1 is 1.65 bits per heavy atom. The molecule has 0 saturated heterocycles. The van der Waals surface area contributed by atoms with Crippen LogP contribution in [0.4, 0.5) is 5.69 Å². The minimum absolute atomic E-state index is 0.125. The van der Waals surface area contributed by atoms with Crippen molar-refractivity contribution in [3.63, 3.8) is 0 Å². The average molecular weight is 256 g/mol. The van der Waals surface area contributed by atoms with Crippen LogP contribution in [-0.4, -0.2) is 17.4 Å². The first-order chi connectivity index (χ1) is 7.94. The number of hydrogen-bond acceptors (Lipinski definition) is 3. The van der Waals surface area contributed by atoms with Crippen LogP contribution in [0, 0.1) is 12.3 Å². The topological polar surface area (TPSA) is 68.0 Å². The van der Waals surface area contributed by atoms with Crippen LogP contribution >= 0.6 is 11.6 Å². The maximum Gasteiger partial charge on any atom is 0.231 e. The summed E-state index contributed by atoms with van der Waals surface area (Å²) in [5.74, 6) is -0.125. The van der Waals surface area contributed by atoms with E-state index in [4.69, 9.17) is 17.3 Å². The van der Waals surface area contributed by atoms with Gasteiger partial charge in [0.05, 0.1) is 11.1 Å². The summed E-state index contributed by atoms with van der Waals surface area (Å²) in [7, 11) is 0. The molecule has 5 heteroatoms. The number of halogens is 1. The Labute approximate surface area is 107 Å². The largest absolute Gasteiger partial charge is 0.329 e. The van der Waals surface area contributed by atoms with E-state index in [9.17, 15) is 4.79 Å². The maximum atomic E-state index is 12.1. The van der Waals surface area contributed by atoms with Crippen molar-refractivity contribution in [2.24, 2.45) is 11.1 Å². The number of amides is 1. The number of nitrogens with two attached hydrogens (primary N) is 1. The highest BCUT2D eigenvalue weighted by molar-refractivity contribution is 6.32. The third kappa shape index (κ3) is 2.96. The lowest BCUT2D eigenvalue weighted by molar-refractivity contribution is -0.124. The van der Waals surface area contributed by atoms with Crippen molar-refractivity contribution in [3.8, 4) is 0 Å². The standard InChI is InChI=1S/C12H18ClN3O/c1-4-12(3,7-14)11(17)16-9-8(2)5-6-15-10(9)13/h5-6H,4,7,14H2,1-3H3,(H,16,17). The number of rotatable bonds is 4. The van der Waals surface area contributed by atoms with Crippen molar-refractivity contribution in [3.05, 3.63) is 23.0 Å². The molecule has 1 rings (SSSR count). The Hall–Kier alpha value is -1.13. The summed E-state index contributed by atoms with van der Waals surface area (Å²) >= 11 is 5.95. The van der Waals surface area contributed by atoms with E-state index >= 15 is 0 Å². The number of carbonyl (C=O) groups excluding carboxylic acids is 1. The average Bonchev–Trinajstić information content (AvgIpc) is 2.32. The number of hydrogen-bond donors (Lipinski definition) is 2. The van der Waals surface area contributed by atoms with Crippen LogP contribution in [0.1, 0.15) is 25.8 Å². The van der Waals surface area contributed by atoms with Gasteiger partial charge in [-0.3, -0.25) is 4.79 Å². The van der Waals surface area contributed by atoms with Crippen LogP contribution in [-0.2, 0) is 4.79 Å². The van der Waals surface area contributed by atoms with Crippen LogP contribution in [0.25, 0.3) is 0 Å². The van der Waals surface area contributed by atoms with Gasteiger partial charge in [-0.15, -0.1) is 0 Å². The molecule has 4 nitrogen and oxygen atoms in total. The Bertz CT molecular complexity index is 396. The highest BCUT2D eigenvalue weighted by Gasteiger charge is 2.30. The fourth-order valence-corrected chi connectivity index (χ4v) is 1.59. The Morgan fingerprint density at radius 2 is 2.29 bits per heavy atom. The molecule has 0 saturated carbocycles. The summed E-state index contributed by atoms with van der Waals surface area (Å²) in [4.78, 5) is 16.1. The van der Waals surface area contributed by atoms with E-state index in [-0.39, 0.29) is 5.91 Å². The molecule has 0 aromatic carbocycles. The molecule has 1 heterocycles. The molecule has 1 aromatic heterocycles. The molecule has 0 aliphatic heterocycles. The summed E-state index contributed by atoms with van der Waals surface area (Å²) in [6.07, 6.45) is 2.28. The second-order valence-electron chi connectivity index (χ2n) is 4.37. The van der Waals surface area contributed by atoms with E-state index in [0.29, 0.717) is 23.8 Å². The van der Waals surface area contributed by atoms with E-state index in [1.807, 2.05) is 20.8 Å². The zero-order valence-electron chi connectivity index (χ0n) is 10.4. The first kappa shape index (κ1) is 13.9. The van der Waals surface area contributed by atoms with E-state index in [1.165, 1.54) is 0 Å². The third-order valence-corrected chi connectivity index (χ3v) is 3.42. The summed E-state index contributed by atoms with van der Waals surface area (Å²) in [6.45, 7) is 5.94. The van der Waals surface area contributed by atoms with E-state index in [0.717, 1.165) is 5.56 Å². The zero-order chi connectivity index (χ0) is 13.1. The quantitative estimate of drug-likeness (QED) is 0.812. The molecule has 0 spiro atoms. The number of nitrogens with zero attached hydrogens (tertiary/aromatic N) is 1. The number of carbonyl (C=O) groups is 1. The van der Waals surface area contributed by atoms with Gasteiger partial charge in [-0.1, -0.05) is 18.5 Å². The molecule has 1 aromatic rings. The molecule has 17 heavy (non-hydrogen) atoms. The fraction of sp³-hybridized carbons (Fsp3) is 0.500. The van der Waals surface area contributed by atoms with Gasteiger partial charge in [0.25, 0.3) is 0 Å². The lowest BCUT2D eigenvalue weighted by atomic mass is 9.86. The molecular formula is C12H18ClN3O. The second kappa shape index (κ2) is 5.47. The van der Waals surface area contributed by atoms with E-state index < -0.39 is 5.41 Å². The highest BCUT2D eigenvalue weighted by Crippen LogP contribution is 2.27. The Balaban J connectivity index is 2.96. The van der Waals surface area contributed by atoms with Crippen LogP contribution < -0.4 is 11.1 Å². The monoisotopic (exact) mass is 255 g/mol. The minimum Gasteiger partial charge on any atom is -0.329 e. The van der Waals surface area contributed by atoms with Crippen molar-refractivity contribution < 1.29 is 4.79 Å². The molecule has 1 unspecified atom stereocenters. The van der Waals surface area contributed by atoms with Crippen molar-refractivity contribution in [2.45, 2.75) is 27.2 Å². The molecule has 0 aliphatic rings. The van der Waals surface area contributed by atoms with Gasteiger partial charge >= 0.3 is 0 Å². The SMILES string of the molecule is CCC(C)(CN)C(=O)Nc1c(C)ccnc1Cl. The van der Waals surface area contributed by atoms with Crippen LogP contribution in [0.15, 0.2) is 12.3 Å². The fourth-order valence-electron chi connectivity index (χ4n) is 1.34. The van der Waals surface area contributed by atoms with Crippen LogP contribution in [0.5, 0.6) is 0 Å². The Morgan fingerprint density at radius 3 is 2.76 bits per heavy atom.